The minimum Gasteiger partial charge on any atom is -0.381 e. The molecule has 7 heteroatoms. The summed E-state index contributed by atoms with van der Waals surface area (Å²) >= 11 is 0. The van der Waals surface area contributed by atoms with E-state index in [1.807, 2.05) is 24.3 Å². The van der Waals surface area contributed by atoms with E-state index in [1.54, 1.807) is 7.05 Å². The van der Waals surface area contributed by atoms with Crippen molar-refractivity contribution in [2.45, 2.75) is 26.3 Å². The third kappa shape index (κ3) is 4.88. The van der Waals surface area contributed by atoms with Crippen LogP contribution in [0, 0.1) is 5.41 Å². The highest BCUT2D eigenvalue weighted by molar-refractivity contribution is 14.0. The minimum absolute atomic E-state index is 0. The van der Waals surface area contributed by atoms with Gasteiger partial charge in [0.15, 0.2) is 5.96 Å². The lowest BCUT2D eigenvalue weighted by molar-refractivity contribution is 0.0963. The highest BCUT2D eigenvalue weighted by Gasteiger charge is 2.42. The van der Waals surface area contributed by atoms with E-state index < -0.39 is 0 Å². The minimum atomic E-state index is -0.0690. The van der Waals surface area contributed by atoms with Gasteiger partial charge in [-0.05, 0) is 37.5 Å². The molecule has 1 amide bonds. The number of benzene rings is 1. The SMILES string of the molecule is CCNC(=NCc1cccc(C(=O)NC)c1)N1CCC2(CCOC2)C1.I. The standard InChI is InChI=1S/C19H28N4O2.HI/c1-3-21-18(23-9-7-19(13-23)8-10-25-14-19)22-12-15-5-4-6-16(11-15)17(24)20-2;/h4-6,11H,3,7-10,12-14H2,1-2H3,(H,20,24)(H,21,22);1H. The van der Waals surface area contributed by atoms with Crippen LogP contribution in [-0.2, 0) is 11.3 Å². The molecule has 1 unspecified atom stereocenters. The van der Waals surface area contributed by atoms with E-state index in [-0.39, 0.29) is 29.9 Å². The quantitative estimate of drug-likeness (QED) is 0.401. The van der Waals surface area contributed by atoms with Crippen LogP contribution < -0.4 is 10.6 Å². The average molecular weight is 472 g/mol. The molecule has 0 aliphatic carbocycles. The Labute approximate surface area is 172 Å². The Morgan fingerprint density at radius 1 is 1.38 bits per heavy atom. The number of hydrogen-bond donors (Lipinski definition) is 2. The van der Waals surface area contributed by atoms with Crippen LogP contribution in [0.5, 0.6) is 0 Å². The molecule has 3 rings (SSSR count). The van der Waals surface area contributed by atoms with Gasteiger partial charge in [-0.1, -0.05) is 12.1 Å². The molecule has 2 aliphatic heterocycles. The van der Waals surface area contributed by atoms with Gasteiger partial charge in [-0.3, -0.25) is 4.79 Å². The first-order chi connectivity index (χ1) is 12.2. The zero-order valence-corrected chi connectivity index (χ0v) is 17.9. The molecule has 0 bridgehead atoms. The Morgan fingerprint density at radius 3 is 2.92 bits per heavy atom. The van der Waals surface area contributed by atoms with Crippen molar-refractivity contribution in [1.82, 2.24) is 15.5 Å². The summed E-state index contributed by atoms with van der Waals surface area (Å²) in [4.78, 5) is 18.9. The van der Waals surface area contributed by atoms with E-state index in [2.05, 4.69) is 22.5 Å². The first-order valence-electron chi connectivity index (χ1n) is 9.08. The van der Waals surface area contributed by atoms with Crippen molar-refractivity contribution < 1.29 is 9.53 Å². The van der Waals surface area contributed by atoms with Crippen LogP contribution in [0.3, 0.4) is 0 Å². The van der Waals surface area contributed by atoms with Gasteiger partial charge in [0.25, 0.3) is 5.91 Å². The molecule has 1 atom stereocenters. The summed E-state index contributed by atoms with van der Waals surface area (Å²) < 4.78 is 5.62. The highest BCUT2D eigenvalue weighted by atomic mass is 127. The fraction of sp³-hybridized carbons (Fsp3) is 0.579. The average Bonchev–Trinajstić information content (AvgIpc) is 3.28. The summed E-state index contributed by atoms with van der Waals surface area (Å²) in [6.07, 6.45) is 2.32. The van der Waals surface area contributed by atoms with Crippen LogP contribution in [0.1, 0.15) is 35.7 Å². The molecule has 1 aromatic carbocycles. The highest BCUT2D eigenvalue weighted by Crippen LogP contribution is 2.38. The molecule has 2 N–H and O–H groups in total. The van der Waals surface area contributed by atoms with Crippen LogP contribution in [0.4, 0.5) is 0 Å². The second-order valence-electron chi connectivity index (χ2n) is 6.92. The molecule has 2 heterocycles. The molecule has 2 saturated heterocycles. The van der Waals surface area contributed by atoms with Gasteiger partial charge < -0.3 is 20.3 Å². The lowest BCUT2D eigenvalue weighted by Crippen LogP contribution is -2.41. The fourth-order valence-corrected chi connectivity index (χ4v) is 3.63. The van der Waals surface area contributed by atoms with Crippen LogP contribution in [0.2, 0.25) is 0 Å². The van der Waals surface area contributed by atoms with Crippen LogP contribution in [0.15, 0.2) is 29.3 Å². The van der Waals surface area contributed by atoms with Crippen LogP contribution >= 0.6 is 24.0 Å². The second-order valence-corrected chi connectivity index (χ2v) is 6.92. The predicted octanol–water partition coefficient (Wildman–Crippen LogP) is 2.24. The summed E-state index contributed by atoms with van der Waals surface area (Å²) in [6, 6.07) is 7.64. The molecule has 0 aromatic heterocycles. The van der Waals surface area contributed by atoms with Crippen molar-refractivity contribution in [3.8, 4) is 0 Å². The molecular formula is C19H29IN4O2. The van der Waals surface area contributed by atoms with Gasteiger partial charge in [0.2, 0.25) is 0 Å². The number of aliphatic imine (C=N–C) groups is 1. The van der Waals surface area contributed by atoms with E-state index in [1.165, 1.54) is 6.42 Å². The zero-order valence-electron chi connectivity index (χ0n) is 15.6. The molecular weight excluding hydrogens is 443 g/mol. The Morgan fingerprint density at radius 2 is 2.23 bits per heavy atom. The molecule has 1 aromatic rings. The van der Waals surface area contributed by atoms with Gasteiger partial charge in [0.1, 0.15) is 0 Å². The number of halogens is 1. The maximum atomic E-state index is 11.8. The number of likely N-dealkylation sites (tertiary alicyclic amines) is 1. The van der Waals surface area contributed by atoms with Crippen LogP contribution in [-0.4, -0.2) is 56.7 Å². The Bertz CT molecular complexity index is 644. The molecule has 6 nitrogen and oxygen atoms in total. The van der Waals surface area contributed by atoms with Crippen molar-refractivity contribution in [2.24, 2.45) is 10.4 Å². The first kappa shape index (κ1) is 21.0. The van der Waals surface area contributed by atoms with Crippen molar-refractivity contribution in [2.75, 3.05) is 39.9 Å². The molecule has 0 saturated carbocycles. The van der Waals surface area contributed by atoms with E-state index in [9.17, 15) is 4.79 Å². The normalized spacial score (nSPS) is 22.4. The largest absolute Gasteiger partial charge is 0.381 e. The number of guanidine groups is 1. The predicted molar refractivity (Wildman–Crippen MR) is 114 cm³/mol. The van der Waals surface area contributed by atoms with Crippen LogP contribution in [0.25, 0.3) is 0 Å². The van der Waals surface area contributed by atoms with Crippen molar-refractivity contribution in [3.05, 3.63) is 35.4 Å². The number of ether oxygens (including phenoxy) is 1. The Kier molecular flexibility index (Phi) is 7.69. The van der Waals surface area contributed by atoms with Crippen molar-refractivity contribution >= 4 is 35.8 Å². The Balaban J connectivity index is 0.00000243. The summed E-state index contributed by atoms with van der Waals surface area (Å²) in [5, 5.41) is 6.06. The third-order valence-electron chi connectivity index (χ3n) is 5.09. The smallest absolute Gasteiger partial charge is 0.251 e. The number of nitrogens with one attached hydrogen (secondary N) is 2. The monoisotopic (exact) mass is 472 g/mol. The van der Waals surface area contributed by atoms with Gasteiger partial charge in [-0.15, -0.1) is 24.0 Å². The van der Waals surface area contributed by atoms with Gasteiger partial charge >= 0.3 is 0 Å². The van der Waals surface area contributed by atoms with E-state index in [0.29, 0.717) is 17.5 Å². The third-order valence-corrected chi connectivity index (χ3v) is 5.09. The Hall–Kier alpha value is -1.35. The number of nitrogens with zero attached hydrogens (tertiary/aromatic N) is 2. The topological polar surface area (TPSA) is 66.0 Å². The summed E-state index contributed by atoms with van der Waals surface area (Å²) in [7, 11) is 1.65. The van der Waals surface area contributed by atoms with E-state index in [0.717, 1.165) is 50.8 Å². The number of rotatable bonds is 4. The molecule has 144 valence electrons. The number of carbonyl (C=O) groups is 1. The lowest BCUT2D eigenvalue weighted by Gasteiger charge is -2.25. The molecule has 2 aliphatic rings. The van der Waals surface area contributed by atoms with Gasteiger partial charge in [0, 0.05) is 44.3 Å². The maximum Gasteiger partial charge on any atom is 0.251 e. The number of hydrogen-bond acceptors (Lipinski definition) is 3. The fourth-order valence-electron chi connectivity index (χ4n) is 3.63. The summed E-state index contributed by atoms with van der Waals surface area (Å²) in [6.45, 7) is 7.28. The zero-order chi connectivity index (χ0) is 17.7. The van der Waals surface area contributed by atoms with Gasteiger partial charge in [-0.2, -0.15) is 0 Å². The summed E-state index contributed by atoms with van der Waals surface area (Å²) in [5.41, 5.74) is 2.02. The van der Waals surface area contributed by atoms with E-state index in [4.69, 9.17) is 9.73 Å². The lowest BCUT2D eigenvalue weighted by atomic mass is 9.87. The second kappa shape index (κ2) is 9.55. The molecule has 1 spiro atoms. The van der Waals surface area contributed by atoms with Gasteiger partial charge in [-0.25, -0.2) is 4.99 Å². The van der Waals surface area contributed by atoms with Crippen molar-refractivity contribution in [3.63, 3.8) is 0 Å². The first-order valence-corrected chi connectivity index (χ1v) is 9.08. The van der Waals surface area contributed by atoms with E-state index >= 15 is 0 Å². The van der Waals surface area contributed by atoms with Gasteiger partial charge in [0.05, 0.1) is 13.2 Å². The molecule has 2 fully saturated rings. The molecule has 26 heavy (non-hydrogen) atoms. The van der Waals surface area contributed by atoms with Crippen molar-refractivity contribution in [1.29, 1.82) is 0 Å². The number of carbonyl (C=O) groups excluding carboxylic acids is 1. The maximum absolute atomic E-state index is 11.8. The molecule has 0 radical (unpaired) electrons. The number of amides is 1. The summed E-state index contributed by atoms with van der Waals surface area (Å²) in [5.74, 6) is 0.886.